The Bertz CT molecular complexity index is 765. The van der Waals surface area contributed by atoms with Crippen LogP contribution in [0.3, 0.4) is 0 Å². The number of benzene rings is 1. The molecule has 1 heterocycles. The number of halogens is 3. The van der Waals surface area contributed by atoms with Gasteiger partial charge in [-0.05, 0) is 22.6 Å². The van der Waals surface area contributed by atoms with Crippen molar-refractivity contribution < 1.29 is 26.7 Å². The van der Waals surface area contributed by atoms with Crippen LogP contribution in [0, 0.1) is 0 Å². The summed E-state index contributed by atoms with van der Waals surface area (Å²) in [6.45, 7) is -1.00. The van der Waals surface area contributed by atoms with Gasteiger partial charge in [0.2, 0.25) is 15.7 Å². The van der Waals surface area contributed by atoms with Crippen molar-refractivity contribution in [2.24, 2.45) is 5.14 Å². The van der Waals surface area contributed by atoms with E-state index in [1.807, 2.05) is 0 Å². The van der Waals surface area contributed by atoms with Crippen LogP contribution in [0.2, 0.25) is 0 Å². The molecule has 0 bridgehead atoms. The fraction of sp³-hybridized carbons (Fsp3) is 0.286. The number of rotatable bonds is 6. The predicted octanol–water partition coefficient (Wildman–Crippen LogP) is 2.60. The Morgan fingerprint density at radius 1 is 1.22 bits per heavy atom. The molecule has 1 aromatic carbocycles. The number of hydrogen-bond acceptors (Lipinski definition) is 4. The van der Waals surface area contributed by atoms with E-state index in [1.165, 1.54) is 29.6 Å². The fourth-order valence-electron chi connectivity index (χ4n) is 2.43. The Morgan fingerprint density at radius 2 is 1.83 bits per heavy atom. The molecular formula is C14H14F3NO3S2. The number of aliphatic hydroxyl groups excluding tert-OH is 1. The van der Waals surface area contributed by atoms with Crippen LogP contribution in [0.1, 0.15) is 17.0 Å². The Hall–Kier alpha value is -1.42. The predicted molar refractivity (Wildman–Crippen MR) is 80.8 cm³/mol. The van der Waals surface area contributed by atoms with Crippen molar-refractivity contribution >= 4 is 21.4 Å². The summed E-state index contributed by atoms with van der Waals surface area (Å²) >= 11 is 0.688. The zero-order chi connectivity index (χ0) is 17.3. The average Bonchev–Trinajstić information content (AvgIpc) is 2.98. The van der Waals surface area contributed by atoms with E-state index in [0.29, 0.717) is 11.3 Å². The van der Waals surface area contributed by atoms with E-state index in [9.17, 15) is 22.3 Å². The Balaban J connectivity index is 2.65. The molecule has 2 atom stereocenters. The minimum atomic E-state index is -4.22. The normalized spacial score (nSPS) is 16.3. The summed E-state index contributed by atoms with van der Waals surface area (Å²) < 4.78 is 65.1. The van der Waals surface area contributed by atoms with Crippen LogP contribution in [0.4, 0.5) is 13.2 Å². The molecule has 0 spiro atoms. The smallest absolute Gasteiger partial charge is 0.276 e. The van der Waals surface area contributed by atoms with Crippen molar-refractivity contribution in [2.45, 2.75) is 22.2 Å². The maximum atomic E-state index is 15.3. The van der Waals surface area contributed by atoms with Crippen LogP contribution in [-0.4, -0.2) is 26.6 Å². The third-order valence-corrected chi connectivity index (χ3v) is 5.98. The molecule has 2 rings (SSSR count). The summed E-state index contributed by atoms with van der Waals surface area (Å²) in [6, 6.07) is 7.81. The van der Waals surface area contributed by atoms with Crippen LogP contribution in [-0.2, 0) is 15.7 Å². The van der Waals surface area contributed by atoms with Gasteiger partial charge in [0, 0.05) is 0 Å². The second kappa shape index (κ2) is 6.60. The molecule has 23 heavy (non-hydrogen) atoms. The first kappa shape index (κ1) is 17.9. The summed E-state index contributed by atoms with van der Waals surface area (Å²) in [5, 5.41) is 15.9. The van der Waals surface area contributed by atoms with Gasteiger partial charge in [0.25, 0.3) is 6.43 Å². The van der Waals surface area contributed by atoms with Crippen LogP contribution < -0.4 is 5.14 Å². The molecule has 0 aliphatic rings. The van der Waals surface area contributed by atoms with Crippen molar-refractivity contribution in [1.29, 1.82) is 0 Å². The molecule has 126 valence electrons. The van der Waals surface area contributed by atoms with Crippen molar-refractivity contribution in [1.82, 2.24) is 0 Å². The lowest BCUT2D eigenvalue weighted by atomic mass is 9.80. The van der Waals surface area contributed by atoms with Crippen molar-refractivity contribution in [2.75, 3.05) is 6.61 Å². The lowest BCUT2D eigenvalue weighted by molar-refractivity contribution is -0.0688. The molecule has 4 nitrogen and oxygen atoms in total. The Morgan fingerprint density at radius 3 is 2.30 bits per heavy atom. The van der Waals surface area contributed by atoms with Gasteiger partial charge in [0.15, 0.2) is 0 Å². The highest BCUT2D eigenvalue weighted by Crippen LogP contribution is 2.47. The second-order valence-electron chi connectivity index (χ2n) is 4.88. The molecule has 0 fully saturated rings. The van der Waals surface area contributed by atoms with Gasteiger partial charge in [-0.25, -0.2) is 26.7 Å². The fourth-order valence-corrected chi connectivity index (χ4v) is 4.35. The van der Waals surface area contributed by atoms with Gasteiger partial charge in [-0.1, -0.05) is 30.3 Å². The monoisotopic (exact) mass is 365 g/mol. The third kappa shape index (κ3) is 3.27. The zero-order valence-corrected chi connectivity index (χ0v) is 13.3. The van der Waals surface area contributed by atoms with Gasteiger partial charge in [0.05, 0.1) is 12.5 Å². The molecule has 1 aromatic heterocycles. The number of primary sulfonamides is 1. The maximum Gasteiger partial charge on any atom is 0.276 e. The third-order valence-electron chi connectivity index (χ3n) is 3.52. The summed E-state index contributed by atoms with van der Waals surface area (Å²) in [4.78, 5) is 0. The van der Waals surface area contributed by atoms with Crippen LogP contribution in [0.15, 0.2) is 46.0 Å². The van der Waals surface area contributed by atoms with Gasteiger partial charge < -0.3 is 5.11 Å². The molecule has 2 aromatic rings. The van der Waals surface area contributed by atoms with E-state index >= 15 is 4.39 Å². The Labute approximate surface area is 135 Å². The molecule has 0 aliphatic heterocycles. The van der Waals surface area contributed by atoms with E-state index in [-0.39, 0.29) is 11.1 Å². The van der Waals surface area contributed by atoms with E-state index in [0.717, 1.165) is 12.1 Å². The van der Waals surface area contributed by atoms with Crippen LogP contribution in [0.25, 0.3) is 0 Å². The summed E-state index contributed by atoms with van der Waals surface area (Å²) in [5.74, 6) is -1.77. The number of thiophene rings is 1. The van der Waals surface area contributed by atoms with Gasteiger partial charge in [-0.15, -0.1) is 11.3 Å². The number of sulfonamides is 1. The number of aliphatic hydroxyl groups is 1. The summed E-state index contributed by atoms with van der Waals surface area (Å²) in [7, 11) is -4.22. The highest BCUT2D eigenvalue weighted by atomic mass is 32.2. The standard InChI is InChI=1S/C14H14F3NO3S2/c15-13(16)14(17,9-4-2-1-3-5-9)11(8-19)10-6-7-22-12(10)23(18,20)21/h1-7,11,13,19H,8H2,(H2,18,20,21). The molecule has 9 heteroatoms. The molecule has 0 saturated carbocycles. The second-order valence-corrected chi connectivity index (χ2v) is 7.55. The van der Waals surface area contributed by atoms with Crippen LogP contribution in [0.5, 0.6) is 0 Å². The minimum absolute atomic E-state index is 0.258. The quantitative estimate of drug-likeness (QED) is 0.826. The molecular weight excluding hydrogens is 351 g/mol. The number of alkyl halides is 3. The van der Waals surface area contributed by atoms with E-state index < -0.39 is 38.9 Å². The minimum Gasteiger partial charge on any atom is -0.396 e. The number of nitrogens with two attached hydrogens (primary N) is 1. The van der Waals surface area contributed by atoms with Crippen molar-refractivity contribution in [3.05, 3.63) is 52.9 Å². The first-order chi connectivity index (χ1) is 10.7. The van der Waals surface area contributed by atoms with Crippen LogP contribution >= 0.6 is 11.3 Å². The zero-order valence-electron chi connectivity index (χ0n) is 11.7. The van der Waals surface area contributed by atoms with Crippen molar-refractivity contribution in [3.63, 3.8) is 0 Å². The van der Waals surface area contributed by atoms with E-state index in [4.69, 9.17) is 5.14 Å². The lowest BCUT2D eigenvalue weighted by Gasteiger charge is -2.32. The van der Waals surface area contributed by atoms with Gasteiger partial charge in [0.1, 0.15) is 4.21 Å². The average molecular weight is 365 g/mol. The molecule has 0 saturated heterocycles. The largest absolute Gasteiger partial charge is 0.396 e. The SMILES string of the molecule is NS(=O)(=O)c1sccc1C(CO)C(F)(c1ccccc1)C(F)F. The highest BCUT2D eigenvalue weighted by molar-refractivity contribution is 7.91. The van der Waals surface area contributed by atoms with Gasteiger partial charge in [-0.2, -0.15) is 0 Å². The highest BCUT2D eigenvalue weighted by Gasteiger charge is 2.51. The van der Waals surface area contributed by atoms with Gasteiger partial charge >= 0.3 is 0 Å². The first-order valence-electron chi connectivity index (χ1n) is 6.46. The van der Waals surface area contributed by atoms with Crippen molar-refractivity contribution in [3.8, 4) is 0 Å². The molecule has 0 aliphatic carbocycles. The summed E-state index contributed by atoms with van der Waals surface area (Å²) in [6.07, 6.45) is -3.48. The van der Waals surface area contributed by atoms with Gasteiger partial charge in [-0.3, -0.25) is 0 Å². The first-order valence-corrected chi connectivity index (χ1v) is 8.89. The summed E-state index contributed by atoms with van der Waals surface area (Å²) in [5.41, 5.74) is -3.86. The molecule has 2 unspecified atom stereocenters. The molecule has 3 N–H and O–H groups in total. The lowest BCUT2D eigenvalue weighted by Crippen LogP contribution is -2.39. The molecule has 0 amide bonds. The number of hydrogen-bond donors (Lipinski definition) is 2. The van der Waals surface area contributed by atoms with E-state index in [2.05, 4.69) is 0 Å². The molecule has 0 radical (unpaired) electrons. The Kier molecular flexibility index (Phi) is 5.14. The topological polar surface area (TPSA) is 80.4 Å². The maximum absolute atomic E-state index is 15.3. The van der Waals surface area contributed by atoms with E-state index in [1.54, 1.807) is 0 Å².